The molecule has 1 aliphatic rings. The molecule has 3 rings (SSSR count). The van der Waals surface area contributed by atoms with E-state index in [4.69, 9.17) is 0 Å². The van der Waals surface area contributed by atoms with Crippen LogP contribution >= 0.6 is 11.8 Å². The quantitative estimate of drug-likeness (QED) is 0.519. The summed E-state index contributed by atoms with van der Waals surface area (Å²) in [6, 6.07) is 18.2. The molecule has 1 N–H and O–H groups in total. The molecule has 1 atom stereocenters. The van der Waals surface area contributed by atoms with Gasteiger partial charge in [0.2, 0.25) is 11.8 Å². The van der Waals surface area contributed by atoms with Crippen molar-refractivity contribution in [1.82, 2.24) is 10.2 Å². The minimum Gasteiger partial charge on any atom is -0.352 e. The highest BCUT2D eigenvalue weighted by Crippen LogP contribution is 2.20. The fourth-order valence-electron chi connectivity index (χ4n) is 4.38. The first-order valence-electron chi connectivity index (χ1n) is 11.8. The van der Waals surface area contributed by atoms with Crippen LogP contribution in [0.1, 0.15) is 62.1 Å². The lowest BCUT2D eigenvalue weighted by Crippen LogP contribution is -2.52. The standard InChI is InChI=1S/C27H36N2O2S/c1-3-25(27(31)28-24-15-8-5-9-16-24)29(18-22-12-6-4-7-13-22)26(30)20-32-19-23-14-10-11-21(2)17-23/h4,6-7,10-14,17,24-25H,3,5,8-9,15-16,18-20H2,1-2H3,(H,28,31)/t25-/m0/s1. The third kappa shape index (κ3) is 7.40. The monoisotopic (exact) mass is 452 g/mol. The molecule has 172 valence electrons. The molecular formula is C27H36N2O2S. The Kier molecular flexibility index (Phi) is 9.66. The second-order valence-electron chi connectivity index (χ2n) is 8.76. The number of rotatable bonds is 10. The Morgan fingerprint density at radius 3 is 2.44 bits per heavy atom. The van der Waals surface area contributed by atoms with Gasteiger partial charge in [0.25, 0.3) is 0 Å². The lowest BCUT2D eigenvalue weighted by atomic mass is 9.95. The zero-order chi connectivity index (χ0) is 22.8. The topological polar surface area (TPSA) is 49.4 Å². The third-order valence-electron chi connectivity index (χ3n) is 6.11. The van der Waals surface area contributed by atoms with E-state index in [-0.39, 0.29) is 17.9 Å². The van der Waals surface area contributed by atoms with E-state index < -0.39 is 6.04 Å². The molecule has 0 radical (unpaired) electrons. The van der Waals surface area contributed by atoms with E-state index in [1.807, 2.05) is 37.3 Å². The summed E-state index contributed by atoms with van der Waals surface area (Å²) in [5.74, 6) is 1.18. The summed E-state index contributed by atoms with van der Waals surface area (Å²) < 4.78 is 0. The van der Waals surface area contributed by atoms with Gasteiger partial charge in [-0.2, -0.15) is 0 Å². The predicted molar refractivity (Wildman–Crippen MR) is 133 cm³/mol. The lowest BCUT2D eigenvalue weighted by Gasteiger charge is -2.32. The summed E-state index contributed by atoms with van der Waals surface area (Å²) in [6.45, 7) is 4.54. The van der Waals surface area contributed by atoms with E-state index in [0.29, 0.717) is 18.7 Å². The van der Waals surface area contributed by atoms with E-state index in [1.165, 1.54) is 30.4 Å². The van der Waals surface area contributed by atoms with Gasteiger partial charge in [-0.25, -0.2) is 0 Å². The molecule has 0 bridgehead atoms. The SMILES string of the molecule is CC[C@@H](C(=O)NC1CCCCC1)N(Cc1ccccc1)C(=O)CSCc1cccc(C)c1. The number of nitrogens with one attached hydrogen (secondary N) is 1. The molecule has 0 unspecified atom stereocenters. The molecule has 0 aromatic heterocycles. The van der Waals surface area contributed by atoms with Crippen molar-refractivity contribution < 1.29 is 9.59 Å². The van der Waals surface area contributed by atoms with Crippen LogP contribution < -0.4 is 5.32 Å². The molecule has 0 saturated heterocycles. The number of hydrogen-bond acceptors (Lipinski definition) is 3. The van der Waals surface area contributed by atoms with Gasteiger partial charge in [-0.15, -0.1) is 11.8 Å². The fraction of sp³-hybridized carbons (Fsp3) is 0.481. The van der Waals surface area contributed by atoms with Gasteiger partial charge in [-0.3, -0.25) is 9.59 Å². The summed E-state index contributed by atoms with van der Waals surface area (Å²) >= 11 is 1.61. The Hall–Kier alpha value is -2.27. The van der Waals surface area contributed by atoms with Crippen molar-refractivity contribution >= 4 is 23.6 Å². The molecule has 1 saturated carbocycles. The van der Waals surface area contributed by atoms with Gasteiger partial charge in [0, 0.05) is 18.3 Å². The Morgan fingerprint density at radius 2 is 1.75 bits per heavy atom. The van der Waals surface area contributed by atoms with Crippen LogP contribution in [0.4, 0.5) is 0 Å². The Balaban J connectivity index is 1.67. The minimum atomic E-state index is -0.441. The summed E-state index contributed by atoms with van der Waals surface area (Å²) in [6.07, 6.45) is 6.29. The van der Waals surface area contributed by atoms with Crippen molar-refractivity contribution in [1.29, 1.82) is 0 Å². The van der Waals surface area contributed by atoms with E-state index in [9.17, 15) is 9.59 Å². The zero-order valence-corrected chi connectivity index (χ0v) is 20.2. The van der Waals surface area contributed by atoms with Gasteiger partial charge >= 0.3 is 0 Å². The van der Waals surface area contributed by atoms with Crippen LogP contribution in [0.3, 0.4) is 0 Å². The maximum atomic E-state index is 13.3. The van der Waals surface area contributed by atoms with Gasteiger partial charge in [-0.1, -0.05) is 86.3 Å². The highest BCUT2D eigenvalue weighted by Gasteiger charge is 2.30. The maximum Gasteiger partial charge on any atom is 0.243 e. The average Bonchev–Trinajstić information content (AvgIpc) is 2.80. The number of nitrogens with zero attached hydrogens (tertiary/aromatic N) is 1. The van der Waals surface area contributed by atoms with Crippen molar-refractivity contribution in [2.45, 2.75) is 76.8 Å². The number of benzene rings is 2. The maximum absolute atomic E-state index is 13.3. The molecular weight excluding hydrogens is 416 g/mol. The van der Waals surface area contributed by atoms with Crippen LogP contribution in [0.5, 0.6) is 0 Å². The number of carbonyl (C=O) groups is 2. The summed E-state index contributed by atoms with van der Waals surface area (Å²) in [7, 11) is 0. The molecule has 2 aromatic carbocycles. The second kappa shape index (κ2) is 12.7. The molecule has 4 nitrogen and oxygen atoms in total. The van der Waals surface area contributed by atoms with Crippen molar-refractivity contribution in [2.24, 2.45) is 0 Å². The Bertz CT molecular complexity index is 865. The summed E-state index contributed by atoms with van der Waals surface area (Å²) in [5, 5.41) is 3.24. The molecule has 1 aliphatic carbocycles. The highest BCUT2D eigenvalue weighted by molar-refractivity contribution is 7.99. The number of aryl methyl sites for hydroxylation is 1. The fourth-order valence-corrected chi connectivity index (χ4v) is 5.24. The van der Waals surface area contributed by atoms with Crippen molar-refractivity contribution in [3.05, 3.63) is 71.3 Å². The normalized spacial score (nSPS) is 15.2. The molecule has 5 heteroatoms. The first kappa shape index (κ1) is 24.4. The molecule has 1 fully saturated rings. The molecule has 0 aliphatic heterocycles. The van der Waals surface area contributed by atoms with Gasteiger partial charge in [-0.05, 0) is 37.3 Å². The van der Waals surface area contributed by atoms with Gasteiger partial charge in [0.15, 0.2) is 0 Å². The highest BCUT2D eigenvalue weighted by atomic mass is 32.2. The van der Waals surface area contributed by atoms with Crippen LogP contribution in [0.2, 0.25) is 0 Å². The van der Waals surface area contributed by atoms with Gasteiger partial charge in [0.1, 0.15) is 6.04 Å². The van der Waals surface area contributed by atoms with Crippen molar-refractivity contribution in [3.63, 3.8) is 0 Å². The largest absolute Gasteiger partial charge is 0.352 e. The average molecular weight is 453 g/mol. The predicted octanol–water partition coefficient (Wildman–Crippen LogP) is 5.48. The lowest BCUT2D eigenvalue weighted by molar-refractivity contribution is -0.139. The first-order valence-corrected chi connectivity index (χ1v) is 13.0. The molecule has 2 aromatic rings. The number of thioether (sulfide) groups is 1. The summed E-state index contributed by atoms with van der Waals surface area (Å²) in [4.78, 5) is 28.3. The van der Waals surface area contributed by atoms with E-state index in [2.05, 4.69) is 36.5 Å². The van der Waals surface area contributed by atoms with Crippen LogP contribution in [-0.4, -0.2) is 34.6 Å². The molecule has 0 heterocycles. The molecule has 32 heavy (non-hydrogen) atoms. The number of hydrogen-bond donors (Lipinski definition) is 1. The first-order chi connectivity index (χ1) is 15.6. The molecule has 2 amide bonds. The molecule has 0 spiro atoms. The van der Waals surface area contributed by atoms with Crippen LogP contribution in [0.25, 0.3) is 0 Å². The number of carbonyl (C=O) groups excluding carboxylic acids is 2. The second-order valence-corrected chi connectivity index (χ2v) is 9.74. The van der Waals surface area contributed by atoms with Crippen molar-refractivity contribution in [2.75, 3.05) is 5.75 Å². The Labute approximate surface area is 197 Å². The smallest absolute Gasteiger partial charge is 0.243 e. The van der Waals surface area contributed by atoms with E-state index in [1.54, 1.807) is 16.7 Å². The van der Waals surface area contributed by atoms with Crippen LogP contribution in [0, 0.1) is 6.92 Å². The summed E-state index contributed by atoms with van der Waals surface area (Å²) in [5.41, 5.74) is 3.50. The van der Waals surface area contributed by atoms with Crippen LogP contribution in [-0.2, 0) is 21.9 Å². The third-order valence-corrected chi connectivity index (χ3v) is 7.10. The van der Waals surface area contributed by atoms with Crippen LogP contribution in [0.15, 0.2) is 54.6 Å². The van der Waals surface area contributed by atoms with E-state index in [0.717, 1.165) is 24.2 Å². The zero-order valence-electron chi connectivity index (χ0n) is 19.4. The van der Waals surface area contributed by atoms with Gasteiger partial charge < -0.3 is 10.2 Å². The Morgan fingerprint density at radius 1 is 1.03 bits per heavy atom. The minimum absolute atomic E-state index is 0.00707. The van der Waals surface area contributed by atoms with Crippen molar-refractivity contribution in [3.8, 4) is 0 Å². The van der Waals surface area contributed by atoms with E-state index >= 15 is 0 Å². The number of amides is 2. The van der Waals surface area contributed by atoms with Gasteiger partial charge in [0.05, 0.1) is 5.75 Å².